The maximum atomic E-state index is 2.44. The number of rotatable bonds is 3. The van der Waals surface area contributed by atoms with Gasteiger partial charge in [0.2, 0.25) is 0 Å². The molecule has 58 heavy (non-hydrogen) atoms. The van der Waals surface area contributed by atoms with Crippen LogP contribution in [0.25, 0.3) is 128 Å². The van der Waals surface area contributed by atoms with Crippen molar-refractivity contribution in [2.75, 3.05) is 0 Å². The van der Waals surface area contributed by atoms with Gasteiger partial charge in [-0.15, -0.1) is 22.7 Å². The lowest BCUT2D eigenvalue weighted by molar-refractivity contribution is 1.67. The predicted molar refractivity (Wildman–Crippen MR) is 256 cm³/mol. The standard InChI is InChI=1S/C56H32S2/c1-3-13-40-33(10-1)12-9-19-43(40)55-46-17-7-5-15-44(46)54(45-16-6-8-18-47(45)55)39-23-22-35-28-36(20-21-37(35)29-39)38-24-26-42-48-31-53-49(32-52(48)58-51(42)30-38)56-41-14-4-2-11-34(41)25-27-50(56)57-53/h1-32H. The van der Waals surface area contributed by atoms with E-state index < -0.39 is 0 Å². The van der Waals surface area contributed by atoms with E-state index in [1.165, 1.54) is 128 Å². The minimum Gasteiger partial charge on any atom is -0.135 e. The van der Waals surface area contributed by atoms with Crippen LogP contribution in [0.15, 0.2) is 194 Å². The van der Waals surface area contributed by atoms with Crippen molar-refractivity contribution in [3.8, 4) is 33.4 Å². The van der Waals surface area contributed by atoms with E-state index in [0.29, 0.717) is 0 Å². The molecule has 13 rings (SSSR count). The Morgan fingerprint density at radius 3 is 1.50 bits per heavy atom. The molecule has 0 saturated heterocycles. The Labute approximate surface area is 342 Å². The highest BCUT2D eigenvalue weighted by molar-refractivity contribution is 7.27. The molecule has 0 amide bonds. The van der Waals surface area contributed by atoms with Crippen molar-refractivity contribution in [3.63, 3.8) is 0 Å². The summed E-state index contributed by atoms with van der Waals surface area (Å²) < 4.78 is 5.40. The molecule has 2 heteroatoms. The maximum Gasteiger partial charge on any atom is 0.0362 e. The first-order valence-electron chi connectivity index (χ1n) is 19.9. The van der Waals surface area contributed by atoms with Gasteiger partial charge in [0.15, 0.2) is 0 Å². The Kier molecular flexibility index (Phi) is 6.86. The quantitative estimate of drug-likeness (QED) is 0.157. The van der Waals surface area contributed by atoms with E-state index in [-0.39, 0.29) is 0 Å². The van der Waals surface area contributed by atoms with Crippen molar-refractivity contribution in [3.05, 3.63) is 194 Å². The Balaban J connectivity index is 0.924. The third kappa shape index (κ3) is 4.74. The second-order valence-electron chi connectivity index (χ2n) is 15.6. The largest absolute Gasteiger partial charge is 0.135 e. The van der Waals surface area contributed by atoms with Gasteiger partial charge >= 0.3 is 0 Å². The molecule has 0 N–H and O–H groups in total. The normalized spacial score (nSPS) is 12.1. The number of hydrogen-bond acceptors (Lipinski definition) is 2. The minimum atomic E-state index is 1.24. The molecule has 2 heterocycles. The summed E-state index contributed by atoms with van der Waals surface area (Å²) in [6.07, 6.45) is 0. The van der Waals surface area contributed by atoms with Crippen molar-refractivity contribution in [1.82, 2.24) is 0 Å². The predicted octanol–water partition coefficient (Wildman–Crippen LogP) is 17.2. The molecule has 13 aromatic rings. The Morgan fingerprint density at radius 1 is 0.241 bits per heavy atom. The van der Waals surface area contributed by atoms with E-state index in [9.17, 15) is 0 Å². The second-order valence-corrected chi connectivity index (χ2v) is 17.7. The number of hydrogen-bond donors (Lipinski definition) is 0. The fourth-order valence-electron chi connectivity index (χ4n) is 9.75. The van der Waals surface area contributed by atoms with Crippen LogP contribution in [0.1, 0.15) is 0 Å². The van der Waals surface area contributed by atoms with Crippen LogP contribution in [0.5, 0.6) is 0 Å². The zero-order valence-corrected chi connectivity index (χ0v) is 32.9. The van der Waals surface area contributed by atoms with Crippen molar-refractivity contribution in [2.24, 2.45) is 0 Å². The van der Waals surface area contributed by atoms with Crippen molar-refractivity contribution in [2.45, 2.75) is 0 Å². The summed E-state index contributed by atoms with van der Waals surface area (Å²) in [5.41, 5.74) is 7.61. The molecular weight excluding hydrogens is 737 g/mol. The molecule has 0 fully saturated rings. The van der Waals surface area contributed by atoms with Crippen LogP contribution in [0.4, 0.5) is 0 Å². The highest BCUT2D eigenvalue weighted by atomic mass is 32.1. The Morgan fingerprint density at radius 2 is 0.741 bits per heavy atom. The molecule has 0 radical (unpaired) electrons. The van der Waals surface area contributed by atoms with Gasteiger partial charge in [0, 0.05) is 40.3 Å². The Bertz CT molecular complexity index is 3800. The van der Waals surface area contributed by atoms with Crippen LogP contribution in [0.2, 0.25) is 0 Å². The zero-order valence-electron chi connectivity index (χ0n) is 31.3. The highest BCUT2D eigenvalue weighted by Crippen LogP contribution is 2.47. The maximum absolute atomic E-state index is 2.44. The number of fused-ring (bicyclic) bond motifs is 12. The molecule has 0 aliphatic rings. The molecular formula is C56H32S2. The molecule has 0 aliphatic heterocycles. The Hall–Kier alpha value is -6.84. The van der Waals surface area contributed by atoms with Crippen LogP contribution in [-0.4, -0.2) is 0 Å². The molecule has 2 aromatic heterocycles. The SMILES string of the molecule is c1ccc2c(-c3c4ccccc4c(-c4ccc5cc(-c6ccc7c(c6)sc6cc8c(cc67)sc6ccc7ccccc7c68)ccc5c4)c4ccccc34)cccc2c1. The van der Waals surface area contributed by atoms with Gasteiger partial charge in [-0.2, -0.15) is 0 Å². The third-order valence-corrected chi connectivity index (χ3v) is 14.6. The first kappa shape index (κ1) is 32.3. The number of thiophene rings is 2. The molecule has 11 aromatic carbocycles. The summed E-state index contributed by atoms with van der Waals surface area (Å²) in [4.78, 5) is 0. The number of benzene rings is 11. The van der Waals surface area contributed by atoms with Crippen LogP contribution < -0.4 is 0 Å². The summed E-state index contributed by atoms with van der Waals surface area (Å²) >= 11 is 3.82. The first-order valence-corrected chi connectivity index (χ1v) is 21.5. The fraction of sp³-hybridized carbons (Fsp3) is 0. The lowest BCUT2D eigenvalue weighted by Gasteiger charge is -2.19. The zero-order chi connectivity index (χ0) is 37.9. The molecule has 0 aliphatic carbocycles. The summed E-state index contributed by atoms with van der Waals surface area (Å²) in [6.45, 7) is 0. The van der Waals surface area contributed by atoms with Crippen LogP contribution in [0.3, 0.4) is 0 Å². The molecule has 0 spiro atoms. The molecule has 0 unspecified atom stereocenters. The molecule has 0 nitrogen and oxygen atoms in total. The van der Waals surface area contributed by atoms with E-state index in [4.69, 9.17) is 0 Å². The van der Waals surface area contributed by atoms with Gasteiger partial charge in [0.1, 0.15) is 0 Å². The van der Waals surface area contributed by atoms with E-state index >= 15 is 0 Å². The van der Waals surface area contributed by atoms with Crippen molar-refractivity contribution in [1.29, 1.82) is 0 Å². The molecule has 0 saturated carbocycles. The second kappa shape index (κ2) is 12.3. The van der Waals surface area contributed by atoms with E-state index in [2.05, 4.69) is 194 Å². The van der Waals surface area contributed by atoms with Gasteiger partial charge in [0.05, 0.1) is 0 Å². The van der Waals surface area contributed by atoms with Crippen molar-refractivity contribution < 1.29 is 0 Å². The average Bonchev–Trinajstić information content (AvgIpc) is 3.83. The smallest absolute Gasteiger partial charge is 0.0362 e. The summed E-state index contributed by atoms with van der Waals surface area (Å²) in [5.74, 6) is 0. The van der Waals surface area contributed by atoms with E-state index in [1.54, 1.807) is 0 Å². The third-order valence-electron chi connectivity index (χ3n) is 12.4. The van der Waals surface area contributed by atoms with E-state index in [0.717, 1.165) is 0 Å². The lowest BCUT2D eigenvalue weighted by atomic mass is 9.84. The van der Waals surface area contributed by atoms with Crippen LogP contribution >= 0.6 is 22.7 Å². The van der Waals surface area contributed by atoms with Gasteiger partial charge in [0.25, 0.3) is 0 Å². The fourth-order valence-corrected chi connectivity index (χ4v) is 12.1. The van der Waals surface area contributed by atoms with Gasteiger partial charge in [-0.05, 0) is 124 Å². The summed E-state index contributed by atoms with van der Waals surface area (Å²) in [6, 6.07) is 72.6. The van der Waals surface area contributed by atoms with Gasteiger partial charge in [-0.1, -0.05) is 158 Å². The lowest BCUT2D eigenvalue weighted by Crippen LogP contribution is -1.91. The summed E-state index contributed by atoms with van der Waals surface area (Å²) in [5, 5.41) is 18.2. The first-order chi connectivity index (χ1) is 28.7. The van der Waals surface area contributed by atoms with Crippen LogP contribution in [0, 0.1) is 0 Å². The topological polar surface area (TPSA) is 0 Å². The molecule has 0 atom stereocenters. The average molecular weight is 769 g/mol. The summed E-state index contributed by atoms with van der Waals surface area (Å²) in [7, 11) is 0. The van der Waals surface area contributed by atoms with E-state index in [1.807, 2.05) is 22.7 Å². The molecule has 0 bridgehead atoms. The van der Waals surface area contributed by atoms with Gasteiger partial charge in [-0.3, -0.25) is 0 Å². The monoisotopic (exact) mass is 768 g/mol. The van der Waals surface area contributed by atoms with Crippen LogP contribution in [-0.2, 0) is 0 Å². The highest BCUT2D eigenvalue weighted by Gasteiger charge is 2.19. The van der Waals surface area contributed by atoms with Crippen molar-refractivity contribution >= 4 is 117 Å². The minimum absolute atomic E-state index is 1.24. The van der Waals surface area contributed by atoms with Gasteiger partial charge in [-0.25, -0.2) is 0 Å². The molecule has 268 valence electrons. The van der Waals surface area contributed by atoms with Gasteiger partial charge < -0.3 is 0 Å².